The summed E-state index contributed by atoms with van der Waals surface area (Å²) in [6, 6.07) is 4.70. The Morgan fingerprint density at radius 3 is 2.50 bits per heavy atom. The molecule has 0 atom stereocenters. The number of rotatable bonds is 1. The topological polar surface area (TPSA) is 34.9 Å². The van der Waals surface area contributed by atoms with Crippen molar-refractivity contribution < 1.29 is 13.2 Å². The van der Waals surface area contributed by atoms with E-state index >= 15 is 0 Å². The lowest BCUT2D eigenvalue weighted by Crippen LogP contribution is -2.26. The largest absolute Gasteiger partial charge is 0.421 e. The Balaban J connectivity index is 2.60. The fourth-order valence-electron chi connectivity index (χ4n) is 1.42. The molecular formula is C11H6ClF3N2O. The van der Waals surface area contributed by atoms with Crippen molar-refractivity contribution in [3.05, 3.63) is 57.7 Å². The maximum absolute atomic E-state index is 12.6. The van der Waals surface area contributed by atoms with Gasteiger partial charge >= 0.3 is 6.18 Å². The summed E-state index contributed by atoms with van der Waals surface area (Å²) in [7, 11) is 0. The van der Waals surface area contributed by atoms with Crippen molar-refractivity contribution in [1.29, 1.82) is 0 Å². The molecule has 0 N–H and O–H groups in total. The van der Waals surface area contributed by atoms with Gasteiger partial charge < -0.3 is 0 Å². The standard InChI is InChI=1S/C11H6ClF3N2O/c12-9-4-3-7(6-16-9)17-5-1-2-8(10(17)18)11(13,14)15/h1-6H. The molecule has 0 saturated heterocycles. The molecule has 18 heavy (non-hydrogen) atoms. The molecule has 2 rings (SSSR count). The normalized spacial score (nSPS) is 11.6. The Hall–Kier alpha value is -1.82. The zero-order valence-corrected chi connectivity index (χ0v) is 9.53. The van der Waals surface area contributed by atoms with Crippen molar-refractivity contribution in [1.82, 2.24) is 9.55 Å². The third-order valence-electron chi connectivity index (χ3n) is 2.24. The highest BCUT2D eigenvalue weighted by molar-refractivity contribution is 6.29. The van der Waals surface area contributed by atoms with Crippen LogP contribution in [0.15, 0.2) is 41.5 Å². The molecule has 0 aliphatic rings. The Morgan fingerprint density at radius 1 is 1.22 bits per heavy atom. The Morgan fingerprint density at radius 2 is 1.94 bits per heavy atom. The first-order valence-electron chi connectivity index (χ1n) is 4.80. The maximum Gasteiger partial charge on any atom is 0.421 e. The molecule has 0 amide bonds. The minimum atomic E-state index is -4.68. The van der Waals surface area contributed by atoms with Crippen molar-refractivity contribution in [2.24, 2.45) is 0 Å². The van der Waals surface area contributed by atoms with E-state index < -0.39 is 17.3 Å². The smallest absolute Gasteiger partial charge is 0.282 e. The first-order chi connectivity index (χ1) is 8.39. The first-order valence-corrected chi connectivity index (χ1v) is 5.18. The van der Waals surface area contributed by atoms with E-state index in [1.54, 1.807) is 0 Å². The highest BCUT2D eigenvalue weighted by Gasteiger charge is 2.34. The number of hydrogen-bond acceptors (Lipinski definition) is 2. The Kier molecular flexibility index (Phi) is 3.13. The SMILES string of the molecule is O=c1c(C(F)(F)F)cccn1-c1ccc(Cl)nc1. The van der Waals surface area contributed by atoms with E-state index in [4.69, 9.17) is 11.6 Å². The molecule has 3 nitrogen and oxygen atoms in total. The quantitative estimate of drug-likeness (QED) is 0.750. The summed E-state index contributed by atoms with van der Waals surface area (Å²) in [5.74, 6) is 0. The molecule has 0 aromatic carbocycles. The summed E-state index contributed by atoms with van der Waals surface area (Å²) in [6.07, 6.45) is -2.22. The van der Waals surface area contributed by atoms with Crippen LogP contribution in [-0.4, -0.2) is 9.55 Å². The number of pyridine rings is 2. The van der Waals surface area contributed by atoms with Gasteiger partial charge in [-0.15, -0.1) is 0 Å². The predicted octanol–water partition coefficient (Wildman–Crippen LogP) is 2.90. The molecule has 2 aromatic rings. The van der Waals surface area contributed by atoms with E-state index in [-0.39, 0.29) is 10.8 Å². The lowest BCUT2D eigenvalue weighted by atomic mass is 10.2. The molecule has 0 radical (unpaired) electrons. The van der Waals surface area contributed by atoms with E-state index in [0.29, 0.717) is 0 Å². The zero-order chi connectivity index (χ0) is 13.3. The van der Waals surface area contributed by atoms with Gasteiger partial charge in [-0.2, -0.15) is 13.2 Å². The van der Waals surface area contributed by atoms with Crippen molar-refractivity contribution in [3.63, 3.8) is 0 Å². The van der Waals surface area contributed by atoms with Crippen LogP contribution < -0.4 is 5.56 Å². The van der Waals surface area contributed by atoms with Gasteiger partial charge in [-0.25, -0.2) is 4.98 Å². The average molecular weight is 275 g/mol. The predicted molar refractivity (Wildman–Crippen MR) is 59.8 cm³/mol. The second-order valence-electron chi connectivity index (χ2n) is 3.43. The molecule has 94 valence electrons. The molecule has 0 aliphatic carbocycles. The van der Waals surface area contributed by atoms with Crippen LogP contribution in [0.3, 0.4) is 0 Å². The number of nitrogens with zero attached hydrogens (tertiary/aromatic N) is 2. The van der Waals surface area contributed by atoms with Gasteiger partial charge in [0.25, 0.3) is 5.56 Å². The maximum atomic E-state index is 12.6. The van der Waals surface area contributed by atoms with Gasteiger partial charge in [0.15, 0.2) is 0 Å². The number of alkyl halides is 3. The van der Waals surface area contributed by atoms with Crippen LogP contribution in [0.5, 0.6) is 0 Å². The number of hydrogen-bond donors (Lipinski definition) is 0. The summed E-state index contributed by atoms with van der Waals surface area (Å²) in [5.41, 5.74) is -2.15. The molecule has 0 aliphatic heterocycles. The second-order valence-corrected chi connectivity index (χ2v) is 3.82. The van der Waals surface area contributed by atoms with Crippen molar-refractivity contribution in [3.8, 4) is 5.69 Å². The second kappa shape index (κ2) is 4.45. The van der Waals surface area contributed by atoms with Crippen LogP contribution in [-0.2, 0) is 6.18 Å². The molecular weight excluding hydrogens is 269 g/mol. The van der Waals surface area contributed by atoms with E-state index in [1.807, 2.05) is 0 Å². The lowest BCUT2D eigenvalue weighted by Gasteiger charge is -2.09. The molecule has 7 heteroatoms. The summed E-state index contributed by atoms with van der Waals surface area (Å²) in [4.78, 5) is 15.4. The minimum absolute atomic E-state index is 0.193. The van der Waals surface area contributed by atoms with Crippen LogP contribution in [0.25, 0.3) is 5.69 Å². The molecule has 0 unspecified atom stereocenters. The van der Waals surface area contributed by atoms with Crippen LogP contribution >= 0.6 is 11.6 Å². The van der Waals surface area contributed by atoms with E-state index in [2.05, 4.69) is 4.98 Å². The summed E-state index contributed by atoms with van der Waals surface area (Å²) in [6.45, 7) is 0. The van der Waals surface area contributed by atoms with Gasteiger partial charge in [-0.3, -0.25) is 9.36 Å². The molecule has 2 aromatic heterocycles. The fourth-order valence-corrected chi connectivity index (χ4v) is 1.54. The van der Waals surface area contributed by atoms with E-state index in [0.717, 1.165) is 16.7 Å². The molecule has 0 fully saturated rings. The monoisotopic (exact) mass is 274 g/mol. The third-order valence-corrected chi connectivity index (χ3v) is 2.47. The van der Waals surface area contributed by atoms with Crippen molar-refractivity contribution in [2.45, 2.75) is 6.18 Å². The lowest BCUT2D eigenvalue weighted by molar-refractivity contribution is -0.138. The number of aromatic nitrogens is 2. The minimum Gasteiger partial charge on any atom is -0.282 e. The molecule has 0 bridgehead atoms. The first kappa shape index (κ1) is 12.6. The third kappa shape index (κ3) is 2.38. The van der Waals surface area contributed by atoms with Gasteiger partial charge in [0, 0.05) is 6.20 Å². The number of halogens is 4. The highest BCUT2D eigenvalue weighted by atomic mass is 35.5. The van der Waals surface area contributed by atoms with Gasteiger partial charge in [0.05, 0.1) is 11.9 Å². The summed E-state index contributed by atoms with van der Waals surface area (Å²) in [5, 5.41) is 0.193. The molecule has 2 heterocycles. The van der Waals surface area contributed by atoms with E-state index in [9.17, 15) is 18.0 Å². The van der Waals surface area contributed by atoms with Crippen LogP contribution in [0.4, 0.5) is 13.2 Å². The highest BCUT2D eigenvalue weighted by Crippen LogP contribution is 2.26. The van der Waals surface area contributed by atoms with Gasteiger partial charge in [0.2, 0.25) is 0 Å². The average Bonchev–Trinajstić information content (AvgIpc) is 2.29. The zero-order valence-electron chi connectivity index (χ0n) is 8.78. The van der Waals surface area contributed by atoms with E-state index in [1.165, 1.54) is 24.5 Å². The Bertz CT molecular complexity index is 619. The van der Waals surface area contributed by atoms with Gasteiger partial charge in [0.1, 0.15) is 10.7 Å². The fraction of sp³-hybridized carbons (Fsp3) is 0.0909. The van der Waals surface area contributed by atoms with Gasteiger partial charge in [-0.1, -0.05) is 11.6 Å². The van der Waals surface area contributed by atoms with Crippen molar-refractivity contribution in [2.75, 3.05) is 0 Å². The van der Waals surface area contributed by atoms with Crippen molar-refractivity contribution >= 4 is 11.6 Å². The van der Waals surface area contributed by atoms with Gasteiger partial charge in [-0.05, 0) is 24.3 Å². The van der Waals surface area contributed by atoms with Crippen LogP contribution in [0.2, 0.25) is 5.15 Å². The van der Waals surface area contributed by atoms with Crippen LogP contribution in [0, 0.1) is 0 Å². The van der Waals surface area contributed by atoms with Crippen LogP contribution in [0.1, 0.15) is 5.56 Å². The summed E-state index contributed by atoms with van der Waals surface area (Å²) >= 11 is 5.56. The summed E-state index contributed by atoms with van der Waals surface area (Å²) < 4.78 is 38.5. The molecule has 0 spiro atoms. The molecule has 0 saturated carbocycles. The Labute approximate surface area is 104 Å².